The van der Waals surface area contributed by atoms with Gasteiger partial charge in [-0.3, -0.25) is 4.79 Å². The van der Waals surface area contributed by atoms with E-state index in [1.807, 2.05) is 24.3 Å². The van der Waals surface area contributed by atoms with Crippen molar-refractivity contribution in [3.05, 3.63) is 53.5 Å². The molecule has 3 N–H and O–H groups in total. The lowest BCUT2D eigenvalue weighted by molar-refractivity contribution is 0.0953. The minimum Gasteiger partial charge on any atom is -0.497 e. The van der Waals surface area contributed by atoms with E-state index in [2.05, 4.69) is 5.32 Å². The number of hydrogen-bond acceptors (Lipinski definition) is 4. The Kier molecular flexibility index (Phi) is 4.79. The molecule has 0 spiro atoms. The Labute approximate surface area is 117 Å². The molecule has 1 aromatic heterocycles. The van der Waals surface area contributed by atoms with E-state index in [0.717, 1.165) is 17.7 Å². The topological polar surface area (TPSA) is 77.5 Å². The summed E-state index contributed by atoms with van der Waals surface area (Å²) in [6, 6.07) is 9.43. The quantitative estimate of drug-likeness (QED) is 0.840. The number of carbonyl (C=O) groups excluding carboxylic acids is 1. The summed E-state index contributed by atoms with van der Waals surface area (Å²) < 4.78 is 10.2. The first-order valence-electron chi connectivity index (χ1n) is 6.41. The highest BCUT2D eigenvalue weighted by Crippen LogP contribution is 2.11. The lowest BCUT2D eigenvalue weighted by atomic mass is 10.1. The SMILES string of the molecule is COc1ccc(CCNC(=O)c2coc(CN)c2)cc1. The van der Waals surface area contributed by atoms with Crippen LogP contribution in [0.1, 0.15) is 21.7 Å². The molecule has 0 aliphatic carbocycles. The third-order valence-electron chi connectivity index (χ3n) is 2.98. The predicted octanol–water partition coefficient (Wildman–Crippen LogP) is 1.72. The van der Waals surface area contributed by atoms with Crippen LogP contribution in [-0.4, -0.2) is 19.6 Å². The zero-order valence-electron chi connectivity index (χ0n) is 11.4. The fraction of sp³-hybridized carbons (Fsp3) is 0.267. The van der Waals surface area contributed by atoms with Crippen LogP contribution >= 0.6 is 0 Å². The van der Waals surface area contributed by atoms with Gasteiger partial charge in [-0.1, -0.05) is 12.1 Å². The first-order valence-corrected chi connectivity index (χ1v) is 6.41. The van der Waals surface area contributed by atoms with Crippen molar-refractivity contribution >= 4 is 5.91 Å². The van der Waals surface area contributed by atoms with Gasteiger partial charge in [-0.2, -0.15) is 0 Å². The highest BCUT2D eigenvalue weighted by molar-refractivity contribution is 5.93. The second-order valence-corrected chi connectivity index (χ2v) is 4.36. The van der Waals surface area contributed by atoms with Gasteiger partial charge in [0.25, 0.3) is 5.91 Å². The molecule has 106 valence electrons. The van der Waals surface area contributed by atoms with Crippen molar-refractivity contribution < 1.29 is 13.9 Å². The van der Waals surface area contributed by atoms with Gasteiger partial charge in [0.05, 0.1) is 19.2 Å². The van der Waals surface area contributed by atoms with E-state index in [1.54, 1.807) is 13.2 Å². The number of rotatable bonds is 6. The van der Waals surface area contributed by atoms with Crippen LogP contribution in [-0.2, 0) is 13.0 Å². The van der Waals surface area contributed by atoms with E-state index < -0.39 is 0 Å². The van der Waals surface area contributed by atoms with Gasteiger partial charge in [0, 0.05) is 6.54 Å². The molecule has 5 nitrogen and oxygen atoms in total. The normalized spacial score (nSPS) is 10.3. The zero-order valence-corrected chi connectivity index (χ0v) is 11.4. The molecule has 0 saturated heterocycles. The minimum absolute atomic E-state index is 0.151. The van der Waals surface area contributed by atoms with Gasteiger partial charge >= 0.3 is 0 Å². The van der Waals surface area contributed by atoms with Crippen molar-refractivity contribution in [1.82, 2.24) is 5.32 Å². The molecular weight excluding hydrogens is 256 g/mol. The largest absolute Gasteiger partial charge is 0.497 e. The van der Waals surface area contributed by atoms with Crippen LogP contribution in [0.2, 0.25) is 0 Å². The molecule has 1 heterocycles. The molecule has 2 aromatic rings. The van der Waals surface area contributed by atoms with E-state index in [1.165, 1.54) is 6.26 Å². The number of nitrogens with one attached hydrogen (secondary N) is 1. The zero-order chi connectivity index (χ0) is 14.4. The molecule has 0 fully saturated rings. The molecule has 1 aromatic carbocycles. The van der Waals surface area contributed by atoms with Crippen LogP contribution in [0.15, 0.2) is 41.0 Å². The molecule has 2 rings (SSSR count). The molecule has 1 amide bonds. The third kappa shape index (κ3) is 3.61. The van der Waals surface area contributed by atoms with Gasteiger partial charge in [-0.25, -0.2) is 0 Å². The average Bonchev–Trinajstić information content (AvgIpc) is 2.97. The molecule has 0 atom stereocenters. The number of methoxy groups -OCH3 is 1. The summed E-state index contributed by atoms with van der Waals surface area (Å²) in [6.45, 7) is 0.855. The Morgan fingerprint density at radius 2 is 2.10 bits per heavy atom. The van der Waals surface area contributed by atoms with Gasteiger partial charge in [0.2, 0.25) is 0 Å². The third-order valence-corrected chi connectivity index (χ3v) is 2.98. The van der Waals surface area contributed by atoms with Crippen molar-refractivity contribution in [2.75, 3.05) is 13.7 Å². The summed E-state index contributed by atoms with van der Waals surface area (Å²) >= 11 is 0. The lowest BCUT2D eigenvalue weighted by Gasteiger charge is -2.05. The van der Waals surface area contributed by atoms with Gasteiger partial charge in [0.15, 0.2) is 0 Å². The summed E-state index contributed by atoms with van der Waals surface area (Å²) in [5.74, 6) is 1.28. The average molecular weight is 274 g/mol. The molecule has 5 heteroatoms. The summed E-state index contributed by atoms with van der Waals surface area (Å²) in [6.07, 6.45) is 2.18. The second-order valence-electron chi connectivity index (χ2n) is 4.36. The lowest BCUT2D eigenvalue weighted by Crippen LogP contribution is -2.25. The minimum atomic E-state index is -0.151. The molecule has 20 heavy (non-hydrogen) atoms. The highest BCUT2D eigenvalue weighted by atomic mass is 16.5. The van der Waals surface area contributed by atoms with Crippen molar-refractivity contribution in [2.45, 2.75) is 13.0 Å². The molecule has 0 unspecified atom stereocenters. The number of nitrogens with two attached hydrogens (primary N) is 1. The van der Waals surface area contributed by atoms with E-state index in [0.29, 0.717) is 24.4 Å². The number of benzene rings is 1. The first kappa shape index (κ1) is 14.1. The van der Waals surface area contributed by atoms with Crippen molar-refractivity contribution in [3.63, 3.8) is 0 Å². The summed E-state index contributed by atoms with van der Waals surface area (Å²) in [7, 11) is 1.63. The maximum Gasteiger partial charge on any atom is 0.254 e. The van der Waals surface area contributed by atoms with E-state index >= 15 is 0 Å². The second kappa shape index (κ2) is 6.77. The summed E-state index contributed by atoms with van der Waals surface area (Å²) in [4.78, 5) is 11.8. The fourth-order valence-corrected chi connectivity index (χ4v) is 1.82. The number of carbonyl (C=O) groups is 1. The summed E-state index contributed by atoms with van der Waals surface area (Å²) in [5.41, 5.74) is 7.07. The van der Waals surface area contributed by atoms with E-state index in [4.69, 9.17) is 14.9 Å². The Hall–Kier alpha value is -2.27. The Morgan fingerprint density at radius 3 is 2.70 bits per heavy atom. The smallest absolute Gasteiger partial charge is 0.254 e. The maximum atomic E-state index is 11.8. The van der Waals surface area contributed by atoms with E-state index in [9.17, 15) is 4.79 Å². The fourth-order valence-electron chi connectivity index (χ4n) is 1.82. The molecular formula is C15H18N2O3. The van der Waals surface area contributed by atoms with Crippen molar-refractivity contribution in [1.29, 1.82) is 0 Å². The monoisotopic (exact) mass is 274 g/mol. The number of ether oxygens (including phenoxy) is 1. The first-order chi connectivity index (χ1) is 9.72. The van der Waals surface area contributed by atoms with Gasteiger partial charge < -0.3 is 20.2 Å². The van der Waals surface area contributed by atoms with E-state index in [-0.39, 0.29) is 5.91 Å². The van der Waals surface area contributed by atoms with Crippen LogP contribution in [0.25, 0.3) is 0 Å². The Morgan fingerprint density at radius 1 is 1.35 bits per heavy atom. The summed E-state index contributed by atoms with van der Waals surface area (Å²) in [5, 5.41) is 2.84. The van der Waals surface area contributed by atoms with Gasteiger partial charge in [0.1, 0.15) is 17.8 Å². The van der Waals surface area contributed by atoms with Crippen LogP contribution in [0.3, 0.4) is 0 Å². The highest BCUT2D eigenvalue weighted by Gasteiger charge is 2.08. The molecule has 0 saturated carbocycles. The van der Waals surface area contributed by atoms with Gasteiger partial charge in [-0.15, -0.1) is 0 Å². The number of amides is 1. The standard InChI is InChI=1S/C15H18N2O3/c1-19-13-4-2-11(3-5-13)6-7-17-15(18)12-8-14(9-16)20-10-12/h2-5,8,10H,6-7,9,16H2,1H3,(H,17,18). The van der Waals surface area contributed by atoms with Crippen LogP contribution < -0.4 is 15.8 Å². The van der Waals surface area contributed by atoms with Crippen molar-refractivity contribution in [2.24, 2.45) is 5.73 Å². The maximum absolute atomic E-state index is 11.8. The van der Waals surface area contributed by atoms with Crippen LogP contribution in [0, 0.1) is 0 Å². The number of hydrogen-bond donors (Lipinski definition) is 2. The molecule has 0 bridgehead atoms. The van der Waals surface area contributed by atoms with Crippen LogP contribution in [0.4, 0.5) is 0 Å². The van der Waals surface area contributed by atoms with Crippen molar-refractivity contribution in [3.8, 4) is 5.75 Å². The molecule has 0 aliphatic rings. The van der Waals surface area contributed by atoms with Gasteiger partial charge in [-0.05, 0) is 30.2 Å². The molecule has 0 aliphatic heterocycles. The van der Waals surface area contributed by atoms with Crippen LogP contribution in [0.5, 0.6) is 5.75 Å². The predicted molar refractivity (Wildman–Crippen MR) is 75.6 cm³/mol. The number of furan rings is 1. The molecule has 0 radical (unpaired) electrons. The Bertz CT molecular complexity index is 561. The Balaban J connectivity index is 1.81.